The summed E-state index contributed by atoms with van der Waals surface area (Å²) < 4.78 is 39.7. The first-order chi connectivity index (χ1) is 15.9. The van der Waals surface area contributed by atoms with Crippen molar-refractivity contribution < 1.29 is 28.2 Å². The number of benzene rings is 2. The number of nitrogens with two attached hydrogens (primary N) is 1. The highest BCUT2D eigenvalue weighted by Crippen LogP contribution is 2.35. The van der Waals surface area contributed by atoms with Gasteiger partial charge in [0.1, 0.15) is 5.75 Å². The van der Waals surface area contributed by atoms with Gasteiger partial charge in [0.05, 0.1) is 6.42 Å². The molecular formula is C24H18F2N2O4S. The number of thiophene rings is 1. The maximum absolute atomic E-state index is 14.4. The van der Waals surface area contributed by atoms with Gasteiger partial charge in [0.15, 0.2) is 16.7 Å². The third-order valence-electron chi connectivity index (χ3n) is 4.65. The molecule has 0 radical (unpaired) electrons. The number of nitrogens with zero attached hydrogens (tertiary/aromatic N) is 1. The van der Waals surface area contributed by atoms with Gasteiger partial charge in [-0.3, -0.25) is 4.79 Å². The molecule has 0 spiro atoms. The molecule has 0 aliphatic rings. The molecule has 0 aliphatic heterocycles. The van der Waals surface area contributed by atoms with Gasteiger partial charge >= 0.3 is 5.97 Å². The van der Waals surface area contributed by atoms with E-state index in [1.165, 1.54) is 0 Å². The van der Waals surface area contributed by atoms with E-state index < -0.39 is 29.4 Å². The highest BCUT2D eigenvalue weighted by molar-refractivity contribution is 7.12. The Bertz CT molecular complexity index is 1310. The lowest BCUT2D eigenvalue weighted by Crippen LogP contribution is -2.02. The molecule has 33 heavy (non-hydrogen) atoms. The van der Waals surface area contributed by atoms with Crippen LogP contribution in [-0.4, -0.2) is 16.1 Å². The zero-order chi connectivity index (χ0) is 23.4. The van der Waals surface area contributed by atoms with Crippen LogP contribution in [0.4, 0.5) is 8.78 Å². The van der Waals surface area contributed by atoms with Crippen LogP contribution in [-0.2, 0) is 17.8 Å². The van der Waals surface area contributed by atoms with Crippen LogP contribution in [0.3, 0.4) is 0 Å². The molecule has 0 aliphatic carbocycles. The third-order valence-corrected chi connectivity index (χ3v) is 5.48. The van der Waals surface area contributed by atoms with Crippen LogP contribution in [0.1, 0.15) is 11.1 Å². The molecule has 0 bridgehead atoms. The average Bonchev–Trinajstić information content (AvgIpc) is 3.23. The number of ether oxygens (including phenoxy) is 2. The molecule has 4 rings (SSSR count). The number of carboxylic acids is 1. The number of hydrogen-bond donors (Lipinski definition) is 2. The summed E-state index contributed by atoms with van der Waals surface area (Å²) >= 11 is 1.08. The molecular weight excluding hydrogens is 450 g/mol. The second-order valence-electron chi connectivity index (χ2n) is 7.00. The second-order valence-corrected chi connectivity index (χ2v) is 7.88. The largest absolute Gasteiger partial charge is 0.481 e. The van der Waals surface area contributed by atoms with Gasteiger partial charge in [0.2, 0.25) is 0 Å². The van der Waals surface area contributed by atoms with Crippen LogP contribution < -0.4 is 15.2 Å². The van der Waals surface area contributed by atoms with Gasteiger partial charge < -0.3 is 20.3 Å². The Kier molecular flexibility index (Phi) is 6.62. The summed E-state index contributed by atoms with van der Waals surface area (Å²) in [5.74, 6) is -3.82. The molecule has 2 aromatic heterocycles. The summed E-state index contributed by atoms with van der Waals surface area (Å²) in [7, 11) is 0. The zero-order valence-electron chi connectivity index (χ0n) is 17.1. The molecule has 2 heterocycles. The van der Waals surface area contributed by atoms with Crippen molar-refractivity contribution in [1.82, 2.24) is 4.98 Å². The van der Waals surface area contributed by atoms with Gasteiger partial charge in [-0.1, -0.05) is 30.3 Å². The maximum Gasteiger partial charge on any atom is 0.307 e. The molecule has 0 atom stereocenters. The van der Waals surface area contributed by atoms with Crippen LogP contribution in [0.15, 0.2) is 66.0 Å². The topological polar surface area (TPSA) is 94.7 Å². The third kappa shape index (κ3) is 5.33. The summed E-state index contributed by atoms with van der Waals surface area (Å²) in [6.45, 7) is 0.399. The quantitative estimate of drug-likeness (QED) is 0.342. The van der Waals surface area contributed by atoms with Crippen LogP contribution in [0.2, 0.25) is 0 Å². The molecule has 4 aromatic rings. The van der Waals surface area contributed by atoms with E-state index in [0.717, 1.165) is 28.0 Å². The number of aromatic nitrogens is 1. The zero-order valence-corrected chi connectivity index (χ0v) is 17.9. The summed E-state index contributed by atoms with van der Waals surface area (Å²) in [6.07, 6.45) is -0.302. The van der Waals surface area contributed by atoms with Crippen molar-refractivity contribution in [3.8, 4) is 33.7 Å². The van der Waals surface area contributed by atoms with E-state index in [1.54, 1.807) is 29.6 Å². The molecule has 0 fully saturated rings. The molecule has 2 aromatic carbocycles. The summed E-state index contributed by atoms with van der Waals surface area (Å²) in [6, 6.07) is 16.7. The molecule has 0 unspecified atom stereocenters. The van der Waals surface area contributed by atoms with Crippen molar-refractivity contribution in [1.29, 1.82) is 0 Å². The fourth-order valence-electron chi connectivity index (χ4n) is 3.10. The van der Waals surface area contributed by atoms with E-state index in [0.29, 0.717) is 18.2 Å². The van der Waals surface area contributed by atoms with E-state index in [4.69, 9.17) is 20.3 Å². The fourth-order valence-corrected chi connectivity index (χ4v) is 3.87. The molecule has 0 saturated carbocycles. The second kappa shape index (κ2) is 9.76. The predicted molar refractivity (Wildman–Crippen MR) is 120 cm³/mol. The molecule has 9 heteroatoms. The highest BCUT2D eigenvalue weighted by Gasteiger charge is 2.18. The number of carboxylic acid groups (broad SMARTS) is 1. The summed E-state index contributed by atoms with van der Waals surface area (Å²) in [4.78, 5) is 14.8. The minimum atomic E-state index is -1.06. The predicted octanol–water partition coefficient (Wildman–Crippen LogP) is 5.76. The Hall–Kier alpha value is -3.82. The first kappa shape index (κ1) is 22.4. The van der Waals surface area contributed by atoms with Gasteiger partial charge in [0.25, 0.3) is 11.8 Å². The van der Waals surface area contributed by atoms with Crippen molar-refractivity contribution in [3.63, 3.8) is 0 Å². The van der Waals surface area contributed by atoms with Gasteiger partial charge in [-0.25, -0.2) is 8.78 Å². The van der Waals surface area contributed by atoms with Crippen molar-refractivity contribution in [2.24, 2.45) is 5.73 Å². The maximum atomic E-state index is 14.4. The Balaban J connectivity index is 1.60. The Morgan fingerprint density at radius 2 is 1.67 bits per heavy atom. The van der Waals surface area contributed by atoms with Gasteiger partial charge in [-0.15, -0.1) is 11.3 Å². The molecule has 0 saturated heterocycles. The number of rotatable bonds is 8. The minimum Gasteiger partial charge on any atom is -0.481 e. The van der Waals surface area contributed by atoms with E-state index in [9.17, 15) is 13.6 Å². The number of hydrogen-bond acceptors (Lipinski definition) is 6. The number of pyridine rings is 1. The minimum absolute atomic E-state index is 0.156. The van der Waals surface area contributed by atoms with Crippen molar-refractivity contribution >= 4 is 17.3 Å². The number of halogens is 2. The molecule has 3 N–H and O–H groups in total. The SMILES string of the molecule is NCc1cccc(-c2cccc(Oc3nc(Oc4sccc4CC(=O)O)c(F)cc3F)c2)c1. The number of aliphatic carboxylic acids is 1. The molecule has 168 valence electrons. The Morgan fingerprint density at radius 3 is 2.39 bits per heavy atom. The first-order valence-electron chi connectivity index (χ1n) is 9.82. The lowest BCUT2D eigenvalue weighted by molar-refractivity contribution is -0.136. The van der Waals surface area contributed by atoms with E-state index >= 15 is 0 Å². The van der Waals surface area contributed by atoms with Gasteiger partial charge in [-0.2, -0.15) is 4.98 Å². The van der Waals surface area contributed by atoms with Crippen LogP contribution >= 0.6 is 11.3 Å². The van der Waals surface area contributed by atoms with E-state index in [2.05, 4.69) is 4.98 Å². The Labute approximate surface area is 191 Å². The monoisotopic (exact) mass is 468 g/mol. The van der Waals surface area contributed by atoms with Crippen LogP contribution in [0, 0.1) is 11.6 Å². The van der Waals surface area contributed by atoms with E-state index in [1.807, 2.05) is 30.3 Å². The summed E-state index contributed by atoms with van der Waals surface area (Å²) in [5.41, 5.74) is 8.75. The van der Waals surface area contributed by atoms with Crippen molar-refractivity contribution in [3.05, 3.63) is 88.8 Å². The molecule has 0 amide bonds. The van der Waals surface area contributed by atoms with Crippen LogP contribution in [0.25, 0.3) is 11.1 Å². The standard InChI is InChI=1S/C24H18F2N2O4S/c25-19-12-20(26)23(32-24-17(7-8-33-24)11-21(29)30)28-22(19)31-18-6-2-5-16(10-18)15-4-1-3-14(9-15)13-27/h1-10,12H,11,13,27H2,(H,29,30). The van der Waals surface area contributed by atoms with Crippen molar-refractivity contribution in [2.45, 2.75) is 13.0 Å². The average molecular weight is 468 g/mol. The van der Waals surface area contributed by atoms with E-state index in [-0.39, 0.29) is 17.2 Å². The fraction of sp³-hybridized carbons (Fsp3) is 0.0833. The normalized spacial score (nSPS) is 10.8. The van der Waals surface area contributed by atoms with Crippen LogP contribution in [0.5, 0.6) is 22.6 Å². The van der Waals surface area contributed by atoms with Gasteiger partial charge in [0, 0.05) is 18.2 Å². The Morgan fingerprint density at radius 1 is 0.970 bits per heavy atom. The number of carbonyl (C=O) groups is 1. The highest BCUT2D eigenvalue weighted by atomic mass is 32.1. The lowest BCUT2D eigenvalue weighted by atomic mass is 10.0. The lowest BCUT2D eigenvalue weighted by Gasteiger charge is -2.11. The first-order valence-corrected chi connectivity index (χ1v) is 10.7. The molecule has 6 nitrogen and oxygen atoms in total. The van der Waals surface area contributed by atoms with Gasteiger partial charge in [-0.05, 0) is 46.3 Å². The summed E-state index contributed by atoms with van der Waals surface area (Å²) in [5, 5.41) is 10.8. The smallest absolute Gasteiger partial charge is 0.307 e. The van der Waals surface area contributed by atoms with Crippen molar-refractivity contribution in [2.75, 3.05) is 0 Å².